The van der Waals surface area contributed by atoms with E-state index < -0.39 is 17.8 Å². The fourth-order valence-electron chi connectivity index (χ4n) is 1.67. The standard InChI is InChI=1S/C11H15N3O5/c1-6-2-7(19-10(6)11(17)18)3-14(4-8(12)15)5-9(13)16/h2H,3-5H2,1H3,(H2,12,15)(H2,13,16)(H,17,18). The first-order valence-electron chi connectivity index (χ1n) is 5.41. The van der Waals surface area contributed by atoms with Crippen molar-refractivity contribution in [3.8, 4) is 0 Å². The number of carboxylic acids is 1. The maximum absolute atomic E-state index is 10.9. The number of furan rings is 1. The molecule has 1 rings (SSSR count). The molecule has 0 aliphatic heterocycles. The van der Waals surface area contributed by atoms with Crippen LogP contribution in [0.25, 0.3) is 0 Å². The molecule has 1 aromatic rings. The summed E-state index contributed by atoms with van der Waals surface area (Å²) in [5.74, 6) is -2.28. The predicted octanol–water partition coefficient (Wildman–Crippen LogP) is -0.941. The van der Waals surface area contributed by atoms with E-state index in [0.717, 1.165) is 0 Å². The lowest BCUT2D eigenvalue weighted by molar-refractivity contribution is -0.122. The Labute approximate surface area is 108 Å². The van der Waals surface area contributed by atoms with E-state index in [0.29, 0.717) is 11.3 Å². The monoisotopic (exact) mass is 269 g/mol. The van der Waals surface area contributed by atoms with Gasteiger partial charge in [0.2, 0.25) is 17.6 Å². The maximum Gasteiger partial charge on any atom is 0.372 e. The third kappa shape index (κ3) is 4.43. The Kier molecular flexibility index (Phi) is 4.65. The van der Waals surface area contributed by atoms with Crippen LogP contribution in [-0.4, -0.2) is 40.9 Å². The third-order valence-electron chi connectivity index (χ3n) is 2.30. The lowest BCUT2D eigenvalue weighted by Crippen LogP contribution is -2.39. The number of primary amides is 2. The van der Waals surface area contributed by atoms with Crippen molar-refractivity contribution in [2.75, 3.05) is 13.1 Å². The van der Waals surface area contributed by atoms with Gasteiger partial charge in [0, 0.05) is 5.56 Å². The van der Waals surface area contributed by atoms with E-state index in [1.807, 2.05) is 0 Å². The Bertz CT molecular complexity index is 492. The smallest absolute Gasteiger partial charge is 0.372 e. The summed E-state index contributed by atoms with van der Waals surface area (Å²) in [5, 5.41) is 8.85. The van der Waals surface area contributed by atoms with Crippen LogP contribution in [0.15, 0.2) is 10.5 Å². The number of aromatic carboxylic acids is 1. The molecule has 0 radical (unpaired) electrons. The Balaban J connectivity index is 2.83. The molecular weight excluding hydrogens is 254 g/mol. The molecule has 19 heavy (non-hydrogen) atoms. The van der Waals surface area contributed by atoms with Gasteiger partial charge in [0.05, 0.1) is 19.6 Å². The van der Waals surface area contributed by atoms with Gasteiger partial charge in [-0.2, -0.15) is 0 Å². The number of nitrogens with zero attached hydrogens (tertiary/aromatic N) is 1. The first-order chi connectivity index (χ1) is 8.79. The van der Waals surface area contributed by atoms with Crippen LogP contribution in [0, 0.1) is 6.92 Å². The van der Waals surface area contributed by atoms with Crippen molar-refractivity contribution in [2.24, 2.45) is 11.5 Å². The van der Waals surface area contributed by atoms with Crippen molar-refractivity contribution in [1.29, 1.82) is 0 Å². The zero-order valence-corrected chi connectivity index (χ0v) is 10.4. The van der Waals surface area contributed by atoms with Crippen molar-refractivity contribution < 1.29 is 23.9 Å². The molecule has 8 heteroatoms. The molecule has 0 saturated carbocycles. The Morgan fingerprint density at radius 1 is 1.26 bits per heavy atom. The van der Waals surface area contributed by atoms with Crippen LogP contribution in [0.2, 0.25) is 0 Å². The topological polar surface area (TPSA) is 140 Å². The summed E-state index contributed by atoms with van der Waals surface area (Å²) in [4.78, 5) is 33.9. The molecule has 0 atom stereocenters. The van der Waals surface area contributed by atoms with Crippen molar-refractivity contribution in [3.63, 3.8) is 0 Å². The van der Waals surface area contributed by atoms with Crippen LogP contribution in [0.1, 0.15) is 21.9 Å². The van der Waals surface area contributed by atoms with Crippen LogP contribution in [-0.2, 0) is 16.1 Å². The Hall–Kier alpha value is -2.35. The highest BCUT2D eigenvalue weighted by Gasteiger charge is 2.18. The van der Waals surface area contributed by atoms with Crippen LogP contribution in [0.3, 0.4) is 0 Å². The average Bonchev–Trinajstić information content (AvgIpc) is 2.57. The highest BCUT2D eigenvalue weighted by atomic mass is 16.4. The minimum atomic E-state index is -1.18. The molecular formula is C11H15N3O5. The van der Waals surface area contributed by atoms with Crippen molar-refractivity contribution in [2.45, 2.75) is 13.5 Å². The SMILES string of the molecule is Cc1cc(CN(CC(N)=O)CC(N)=O)oc1C(=O)O. The summed E-state index contributed by atoms with van der Waals surface area (Å²) in [6, 6.07) is 1.53. The molecule has 0 unspecified atom stereocenters. The normalized spacial score (nSPS) is 10.6. The van der Waals surface area contributed by atoms with Gasteiger partial charge in [0.1, 0.15) is 5.76 Å². The quantitative estimate of drug-likeness (QED) is 0.583. The lowest BCUT2D eigenvalue weighted by atomic mass is 10.2. The molecule has 104 valence electrons. The molecule has 2 amide bonds. The largest absolute Gasteiger partial charge is 0.475 e. The van der Waals surface area contributed by atoms with Crippen molar-refractivity contribution in [3.05, 3.63) is 23.2 Å². The maximum atomic E-state index is 10.9. The molecule has 1 heterocycles. The third-order valence-corrected chi connectivity index (χ3v) is 2.30. The van der Waals surface area contributed by atoms with Gasteiger partial charge < -0.3 is 21.0 Å². The predicted molar refractivity (Wildman–Crippen MR) is 64.1 cm³/mol. The van der Waals surface area contributed by atoms with Crippen LogP contribution in [0.5, 0.6) is 0 Å². The van der Waals surface area contributed by atoms with Gasteiger partial charge in [-0.15, -0.1) is 0 Å². The number of carbonyl (C=O) groups excluding carboxylic acids is 2. The van der Waals surface area contributed by atoms with E-state index in [-0.39, 0.29) is 25.4 Å². The van der Waals surface area contributed by atoms with Crippen molar-refractivity contribution in [1.82, 2.24) is 4.90 Å². The first-order valence-corrected chi connectivity index (χ1v) is 5.41. The second kappa shape index (κ2) is 6.01. The Morgan fingerprint density at radius 3 is 2.16 bits per heavy atom. The minimum absolute atomic E-state index is 0.0694. The van der Waals surface area contributed by atoms with Crippen LogP contribution >= 0.6 is 0 Å². The van der Waals surface area contributed by atoms with E-state index in [4.69, 9.17) is 21.0 Å². The van der Waals surface area contributed by atoms with E-state index in [9.17, 15) is 14.4 Å². The number of hydrogen-bond acceptors (Lipinski definition) is 5. The van der Waals surface area contributed by atoms with Gasteiger partial charge in [0.25, 0.3) is 0 Å². The number of hydrogen-bond donors (Lipinski definition) is 3. The average molecular weight is 269 g/mol. The molecule has 5 N–H and O–H groups in total. The summed E-state index contributed by atoms with van der Waals surface area (Å²) in [6.45, 7) is 1.30. The highest BCUT2D eigenvalue weighted by Crippen LogP contribution is 2.16. The number of carboxylic acid groups (broad SMARTS) is 1. The minimum Gasteiger partial charge on any atom is -0.475 e. The summed E-state index contributed by atoms with van der Waals surface area (Å²) in [7, 11) is 0. The zero-order valence-electron chi connectivity index (χ0n) is 10.4. The molecule has 0 aromatic carbocycles. The van der Waals surface area contributed by atoms with Crippen LogP contribution < -0.4 is 11.5 Å². The number of rotatable bonds is 7. The summed E-state index contributed by atoms with van der Waals surface area (Å²) in [6.07, 6.45) is 0. The number of aryl methyl sites for hydroxylation is 1. The number of nitrogens with two attached hydrogens (primary N) is 2. The van der Waals surface area contributed by atoms with Gasteiger partial charge in [0.15, 0.2) is 0 Å². The summed E-state index contributed by atoms with van der Waals surface area (Å²) < 4.78 is 5.12. The summed E-state index contributed by atoms with van der Waals surface area (Å²) in [5.41, 5.74) is 10.6. The molecule has 0 aliphatic rings. The van der Waals surface area contributed by atoms with E-state index >= 15 is 0 Å². The molecule has 8 nitrogen and oxygen atoms in total. The highest BCUT2D eigenvalue weighted by molar-refractivity contribution is 5.86. The number of carbonyl (C=O) groups is 3. The second-order valence-electron chi connectivity index (χ2n) is 4.11. The first kappa shape index (κ1) is 14.7. The van der Waals surface area contributed by atoms with E-state index in [2.05, 4.69) is 0 Å². The van der Waals surface area contributed by atoms with Gasteiger partial charge in [-0.1, -0.05) is 0 Å². The van der Waals surface area contributed by atoms with Gasteiger partial charge in [-0.05, 0) is 13.0 Å². The van der Waals surface area contributed by atoms with E-state index in [1.165, 1.54) is 11.0 Å². The second-order valence-corrected chi connectivity index (χ2v) is 4.11. The lowest BCUT2D eigenvalue weighted by Gasteiger charge is -2.17. The number of amides is 2. The van der Waals surface area contributed by atoms with Gasteiger partial charge >= 0.3 is 5.97 Å². The van der Waals surface area contributed by atoms with Gasteiger partial charge in [-0.25, -0.2) is 4.79 Å². The molecule has 1 aromatic heterocycles. The molecule has 0 fully saturated rings. The molecule has 0 bridgehead atoms. The Morgan fingerprint density at radius 2 is 1.79 bits per heavy atom. The molecule has 0 aliphatic carbocycles. The van der Waals surface area contributed by atoms with Crippen LogP contribution in [0.4, 0.5) is 0 Å². The zero-order chi connectivity index (χ0) is 14.6. The fraction of sp³-hybridized carbons (Fsp3) is 0.364. The summed E-state index contributed by atoms with van der Waals surface area (Å²) >= 11 is 0. The molecule has 0 spiro atoms. The molecule has 0 saturated heterocycles. The van der Waals surface area contributed by atoms with Crippen molar-refractivity contribution >= 4 is 17.8 Å². The van der Waals surface area contributed by atoms with E-state index in [1.54, 1.807) is 6.92 Å². The van der Waals surface area contributed by atoms with Gasteiger partial charge in [-0.3, -0.25) is 14.5 Å². The fourth-order valence-corrected chi connectivity index (χ4v) is 1.67.